The van der Waals surface area contributed by atoms with Crippen LogP contribution in [-0.2, 0) is 0 Å². The molecule has 1 atom stereocenters. The highest BCUT2D eigenvalue weighted by atomic mass is 79.9. The second-order valence-electron chi connectivity index (χ2n) is 3.99. The summed E-state index contributed by atoms with van der Waals surface area (Å²) >= 11 is 9.21. The quantitative estimate of drug-likeness (QED) is 0.926. The average molecular weight is 321 g/mol. The van der Waals surface area contributed by atoms with Crippen LogP contribution in [0.15, 0.2) is 22.7 Å². The van der Waals surface area contributed by atoms with E-state index in [0.29, 0.717) is 23.6 Å². The van der Waals surface area contributed by atoms with Crippen molar-refractivity contribution >= 4 is 33.4 Å². The van der Waals surface area contributed by atoms with E-state index in [1.165, 1.54) is 0 Å². The molecule has 0 fully saturated rings. The zero-order valence-electron chi connectivity index (χ0n) is 9.78. The number of carbonyl (C=O) groups is 1. The zero-order valence-corrected chi connectivity index (χ0v) is 12.1. The van der Waals surface area contributed by atoms with Gasteiger partial charge in [0.25, 0.3) is 5.91 Å². The fourth-order valence-electron chi connectivity index (χ4n) is 1.33. The van der Waals surface area contributed by atoms with Crippen LogP contribution in [0.2, 0.25) is 5.02 Å². The molecule has 1 amide bonds. The van der Waals surface area contributed by atoms with E-state index in [-0.39, 0.29) is 5.91 Å². The van der Waals surface area contributed by atoms with E-state index in [1.54, 1.807) is 37.1 Å². The number of benzene rings is 1. The van der Waals surface area contributed by atoms with Crippen molar-refractivity contribution < 1.29 is 9.90 Å². The molecule has 1 aromatic rings. The highest BCUT2D eigenvalue weighted by molar-refractivity contribution is 9.10. The molecule has 1 rings (SSSR count). The van der Waals surface area contributed by atoms with E-state index in [4.69, 9.17) is 16.7 Å². The molecule has 3 nitrogen and oxygen atoms in total. The van der Waals surface area contributed by atoms with E-state index >= 15 is 0 Å². The Morgan fingerprint density at radius 1 is 1.59 bits per heavy atom. The Balaban J connectivity index is 2.71. The number of aliphatic hydroxyl groups excluding tert-OH is 1. The summed E-state index contributed by atoms with van der Waals surface area (Å²) in [5, 5.41) is 9.68. The van der Waals surface area contributed by atoms with Crippen LogP contribution in [0.1, 0.15) is 23.7 Å². The Bertz CT molecular complexity index is 409. The minimum atomic E-state index is -0.404. The Hall–Kier alpha value is -0.580. The van der Waals surface area contributed by atoms with Crippen molar-refractivity contribution in [2.45, 2.75) is 19.4 Å². The lowest BCUT2D eigenvalue weighted by Gasteiger charge is -2.18. The van der Waals surface area contributed by atoms with Crippen LogP contribution in [0.3, 0.4) is 0 Å². The first kappa shape index (κ1) is 14.5. The van der Waals surface area contributed by atoms with E-state index in [9.17, 15) is 4.79 Å². The summed E-state index contributed by atoms with van der Waals surface area (Å²) in [4.78, 5) is 13.6. The lowest BCUT2D eigenvalue weighted by molar-refractivity contribution is 0.0769. The van der Waals surface area contributed by atoms with Gasteiger partial charge in [0.15, 0.2) is 0 Å². The normalized spacial score (nSPS) is 12.3. The van der Waals surface area contributed by atoms with Crippen molar-refractivity contribution in [1.29, 1.82) is 0 Å². The van der Waals surface area contributed by atoms with E-state index in [2.05, 4.69) is 15.9 Å². The monoisotopic (exact) mass is 319 g/mol. The van der Waals surface area contributed by atoms with Crippen LogP contribution in [0.5, 0.6) is 0 Å². The van der Waals surface area contributed by atoms with Gasteiger partial charge in [-0.1, -0.05) is 11.6 Å². The number of aliphatic hydroxyl groups is 1. The molecule has 5 heteroatoms. The molecule has 0 radical (unpaired) electrons. The fraction of sp³-hybridized carbons (Fsp3) is 0.417. The zero-order chi connectivity index (χ0) is 13.0. The maximum absolute atomic E-state index is 12.0. The molecule has 0 aliphatic carbocycles. The molecule has 17 heavy (non-hydrogen) atoms. The smallest absolute Gasteiger partial charge is 0.253 e. The predicted octanol–water partition coefficient (Wildman–Crippen LogP) is 2.95. The molecule has 0 saturated carbocycles. The second-order valence-corrected chi connectivity index (χ2v) is 5.25. The summed E-state index contributed by atoms with van der Waals surface area (Å²) in [6.07, 6.45) is 0.158. The molecule has 1 N–H and O–H groups in total. The van der Waals surface area contributed by atoms with Gasteiger partial charge in [0.2, 0.25) is 0 Å². The van der Waals surface area contributed by atoms with Crippen molar-refractivity contribution in [2.24, 2.45) is 0 Å². The maximum atomic E-state index is 12.0. The van der Waals surface area contributed by atoms with Gasteiger partial charge in [0, 0.05) is 23.6 Å². The molecule has 94 valence electrons. The summed E-state index contributed by atoms with van der Waals surface area (Å²) in [6, 6.07) is 5.10. The Morgan fingerprint density at radius 3 is 2.76 bits per heavy atom. The lowest BCUT2D eigenvalue weighted by atomic mass is 10.2. The van der Waals surface area contributed by atoms with Crippen LogP contribution >= 0.6 is 27.5 Å². The number of halogens is 2. The molecule has 0 aromatic heterocycles. The molecule has 0 saturated heterocycles. The Labute approximate surface area is 115 Å². The van der Waals surface area contributed by atoms with Gasteiger partial charge in [-0.25, -0.2) is 0 Å². The first-order chi connectivity index (χ1) is 7.91. The van der Waals surface area contributed by atoms with E-state index < -0.39 is 6.10 Å². The van der Waals surface area contributed by atoms with E-state index in [1.807, 2.05) is 0 Å². The average Bonchev–Trinajstić information content (AvgIpc) is 2.28. The lowest BCUT2D eigenvalue weighted by Crippen LogP contribution is -2.29. The molecule has 0 heterocycles. The number of nitrogens with zero attached hydrogens (tertiary/aromatic N) is 1. The van der Waals surface area contributed by atoms with Crippen molar-refractivity contribution in [3.05, 3.63) is 33.3 Å². The highest BCUT2D eigenvalue weighted by Crippen LogP contribution is 2.23. The highest BCUT2D eigenvalue weighted by Gasteiger charge is 2.13. The summed E-state index contributed by atoms with van der Waals surface area (Å²) in [5.41, 5.74) is 0.547. The Kier molecular flexibility index (Phi) is 5.43. The SMILES string of the molecule is CC(O)CCN(C)C(=O)c1ccc(Br)c(Cl)c1. The van der Waals surface area contributed by atoms with Crippen molar-refractivity contribution in [1.82, 2.24) is 4.90 Å². The molecule has 1 unspecified atom stereocenters. The number of amides is 1. The molecular weight excluding hydrogens is 305 g/mol. The number of rotatable bonds is 4. The molecule has 1 aromatic carbocycles. The van der Waals surface area contributed by atoms with Gasteiger partial charge in [-0.05, 0) is 47.5 Å². The van der Waals surface area contributed by atoms with Crippen molar-refractivity contribution in [3.8, 4) is 0 Å². The van der Waals surface area contributed by atoms with Crippen molar-refractivity contribution in [2.75, 3.05) is 13.6 Å². The third-order valence-corrected chi connectivity index (χ3v) is 3.63. The summed E-state index contributed by atoms with van der Waals surface area (Å²) in [7, 11) is 1.71. The van der Waals surface area contributed by atoms with Gasteiger partial charge in [-0.3, -0.25) is 4.79 Å². The minimum absolute atomic E-state index is 0.0972. The standard InChI is InChI=1S/C12H15BrClNO2/c1-8(16)5-6-15(2)12(17)9-3-4-10(13)11(14)7-9/h3-4,7-8,16H,5-6H2,1-2H3. The van der Waals surface area contributed by atoms with Crippen LogP contribution in [-0.4, -0.2) is 35.6 Å². The number of hydrogen-bond donors (Lipinski definition) is 1. The summed E-state index contributed by atoms with van der Waals surface area (Å²) in [5.74, 6) is -0.0972. The van der Waals surface area contributed by atoms with Crippen LogP contribution < -0.4 is 0 Å². The van der Waals surface area contributed by atoms with Gasteiger partial charge in [0.05, 0.1) is 11.1 Å². The van der Waals surface area contributed by atoms with Gasteiger partial charge < -0.3 is 10.0 Å². The van der Waals surface area contributed by atoms with Crippen molar-refractivity contribution in [3.63, 3.8) is 0 Å². The largest absolute Gasteiger partial charge is 0.393 e. The van der Waals surface area contributed by atoms with Gasteiger partial charge >= 0.3 is 0 Å². The molecular formula is C12H15BrClNO2. The first-order valence-electron chi connectivity index (χ1n) is 5.30. The minimum Gasteiger partial charge on any atom is -0.393 e. The number of carbonyl (C=O) groups excluding carboxylic acids is 1. The number of hydrogen-bond acceptors (Lipinski definition) is 2. The third kappa shape index (κ3) is 4.30. The topological polar surface area (TPSA) is 40.5 Å². The molecule has 0 aliphatic heterocycles. The third-order valence-electron chi connectivity index (χ3n) is 2.40. The van der Waals surface area contributed by atoms with Crippen LogP contribution in [0, 0.1) is 0 Å². The van der Waals surface area contributed by atoms with Crippen LogP contribution in [0.25, 0.3) is 0 Å². The summed E-state index contributed by atoms with van der Waals surface area (Å²) in [6.45, 7) is 2.22. The molecule has 0 spiro atoms. The maximum Gasteiger partial charge on any atom is 0.253 e. The van der Waals surface area contributed by atoms with Gasteiger partial charge in [-0.15, -0.1) is 0 Å². The first-order valence-corrected chi connectivity index (χ1v) is 6.47. The van der Waals surface area contributed by atoms with E-state index in [0.717, 1.165) is 4.47 Å². The summed E-state index contributed by atoms with van der Waals surface area (Å²) < 4.78 is 0.766. The molecule has 0 aliphatic rings. The van der Waals surface area contributed by atoms with Crippen LogP contribution in [0.4, 0.5) is 0 Å². The van der Waals surface area contributed by atoms with Gasteiger partial charge in [0.1, 0.15) is 0 Å². The predicted molar refractivity (Wildman–Crippen MR) is 72.4 cm³/mol. The fourth-order valence-corrected chi connectivity index (χ4v) is 1.76. The molecule has 0 bridgehead atoms. The second kappa shape index (κ2) is 6.38. The van der Waals surface area contributed by atoms with Gasteiger partial charge in [-0.2, -0.15) is 0 Å². The Morgan fingerprint density at radius 2 is 2.24 bits per heavy atom.